The van der Waals surface area contributed by atoms with Crippen LogP contribution in [0, 0.1) is 0 Å². The number of nitrogens with zero attached hydrogens (tertiary/aromatic N) is 1. The van der Waals surface area contributed by atoms with E-state index in [2.05, 4.69) is 15.9 Å². The number of hydrogen-bond acceptors (Lipinski definition) is 4. The third-order valence-electron chi connectivity index (χ3n) is 2.47. The predicted octanol–water partition coefficient (Wildman–Crippen LogP) is 3.10. The maximum Gasteiger partial charge on any atom is 0.293 e. The maximum absolute atomic E-state index is 12.0. The van der Waals surface area contributed by atoms with Crippen LogP contribution < -0.4 is 5.73 Å². The van der Waals surface area contributed by atoms with Crippen molar-refractivity contribution in [3.63, 3.8) is 0 Å². The van der Waals surface area contributed by atoms with Gasteiger partial charge >= 0.3 is 0 Å². The maximum atomic E-state index is 12.0. The SMILES string of the molecule is NCCN1C(=O)S/C(=C\c2cc(Br)ccc2Cl)C1=O. The Hall–Kier alpha value is -0.820. The zero-order chi connectivity index (χ0) is 14.0. The molecule has 0 atom stereocenters. The summed E-state index contributed by atoms with van der Waals surface area (Å²) in [5, 5.41) is 0.224. The fourth-order valence-corrected chi connectivity index (χ4v) is 3.00. The predicted molar refractivity (Wildman–Crippen MR) is 80.9 cm³/mol. The van der Waals surface area contributed by atoms with Crippen LogP contribution in [-0.2, 0) is 4.79 Å². The topological polar surface area (TPSA) is 63.4 Å². The van der Waals surface area contributed by atoms with Gasteiger partial charge in [0.05, 0.1) is 4.91 Å². The molecule has 19 heavy (non-hydrogen) atoms. The van der Waals surface area contributed by atoms with Crippen molar-refractivity contribution in [2.75, 3.05) is 13.1 Å². The molecule has 1 heterocycles. The Balaban J connectivity index is 2.32. The molecule has 100 valence electrons. The minimum atomic E-state index is -0.323. The van der Waals surface area contributed by atoms with E-state index in [-0.39, 0.29) is 24.2 Å². The Morgan fingerprint density at radius 3 is 2.84 bits per heavy atom. The quantitative estimate of drug-likeness (QED) is 0.840. The summed E-state index contributed by atoms with van der Waals surface area (Å²) in [6.07, 6.45) is 1.62. The fourth-order valence-electron chi connectivity index (χ4n) is 1.59. The van der Waals surface area contributed by atoms with Gasteiger partial charge in [0, 0.05) is 22.6 Å². The van der Waals surface area contributed by atoms with Crippen molar-refractivity contribution in [3.8, 4) is 0 Å². The number of nitrogens with two attached hydrogens (primary N) is 1. The van der Waals surface area contributed by atoms with E-state index in [1.807, 2.05) is 0 Å². The molecule has 1 aliphatic rings. The van der Waals surface area contributed by atoms with Gasteiger partial charge in [-0.3, -0.25) is 14.5 Å². The molecular weight excluding hydrogens is 352 g/mol. The Labute approximate surface area is 128 Å². The van der Waals surface area contributed by atoms with E-state index in [1.54, 1.807) is 24.3 Å². The first-order valence-corrected chi connectivity index (χ1v) is 7.42. The van der Waals surface area contributed by atoms with Crippen LogP contribution in [0.2, 0.25) is 5.02 Å². The summed E-state index contributed by atoms with van der Waals surface area (Å²) in [5.41, 5.74) is 6.06. The van der Waals surface area contributed by atoms with Crippen molar-refractivity contribution in [1.29, 1.82) is 0 Å². The van der Waals surface area contributed by atoms with Crippen molar-refractivity contribution in [2.24, 2.45) is 5.73 Å². The third-order valence-corrected chi connectivity index (χ3v) is 4.22. The van der Waals surface area contributed by atoms with Crippen molar-refractivity contribution >= 4 is 56.5 Å². The van der Waals surface area contributed by atoms with Crippen LogP contribution in [0.25, 0.3) is 6.08 Å². The highest BCUT2D eigenvalue weighted by molar-refractivity contribution is 9.10. The van der Waals surface area contributed by atoms with Gasteiger partial charge in [-0.15, -0.1) is 0 Å². The average Bonchev–Trinajstić information content (AvgIpc) is 2.62. The number of rotatable bonds is 3. The average molecular weight is 362 g/mol. The van der Waals surface area contributed by atoms with Crippen molar-refractivity contribution in [2.45, 2.75) is 0 Å². The van der Waals surface area contributed by atoms with Crippen LogP contribution in [0.4, 0.5) is 4.79 Å². The molecule has 1 aromatic carbocycles. The summed E-state index contributed by atoms with van der Waals surface area (Å²) in [5.74, 6) is -0.323. The normalized spacial score (nSPS) is 17.6. The molecule has 0 unspecified atom stereocenters. The summed E-state index contributed by atoms with van der Waals surface area (Å²) in [4.78, 5) is 25.2. The van der Waals surface area contributed by atoms with Crippen LogP contribution in [0.1, 0.15) is 5.56 Å². The van der Waals surface area contributed by atoms with Crippen molar-refractivity contribution < 1.29 is 9.59 Å². The molecule has 2 rings (SSSR count). The van der Waals surface area contributed by atoms with E-state index in [0.29, 0.717) is 15.5 Å². The van der Waals surface area contributed by atoms with Gasteiger partial charge in [0.25, 0.3) is 11.1 Å². The molecule has 0 spiro atoms. The highest BCUT2D eigenvalue weighted by atomic mass is 79.9. The zero-order valence-electron chi connectivity index (χ0n) is 9.73. The second-order valence-corrected chi connectivity index (χ2v) is 6.10. The molecule has 0 aliphatic carbocycles. The van der Waals surface area contributed by atoms with E-state index in [1.165, 1.54) is 0 Å². The molecule has 4 nitrogen and oxygen atoms in total. The number of imide groups is 1. The standard InChI is InChI=1S/C12H10BrClN2O2S/c13-8-1-2-9(14)7(5-8)6-10-11(17)16(4-3-15)12(18)19-10/h1-2,5-6H,3-4,15H2/b10-6-. The van der Waals surface area contributed by atoms with E-state index in [9.17, 15) is 9.59 Å². The number of carbonyl (C=O) groups is 2. The zero-order valence-corrected chi connectivity index (χ0v) is 12.9. The number of thioether (sulfide) groups is 1. The van der Waals surface area contributed by atoms with Crippen LogP contribution in [0.15, 0.2) is 27.6 Å². The van der Waals surface area contributed by atoms with Gasteiger partial charge in [0.1, 0.15) is 0 Å². The molecule has 7 heteroatoms. The first-order valence-electron chi connectivity index (χ1n) is 5.43. The van der Waals surface area contributed by atoms with Crippen LogP contribution >= 0.6 is 39.3 Å². The van der Waals surface area contributed by atoms with E-state index < -0.39 is 0 Å². The molecular formula is C12H10BrClN2O2S. The molecule has 1 aliphatic heterocycles. The van der Waals surface area contributed by atoms with Gasteiger partial charge in [0.15, 0.2) is 0 Å². The molecule has 1 aromatic rings. The Morgan fingerprint density at radius 1 is 1.42 bits per heavy atom. The Bertz CT molecular complexity index is 577. The second-order valence-electron chi connectivity index (χ2n) is 3.79. The molecule has 0 radical (unpaired) electrons. The molecule has 0 aromatic heterocycles. The summed E-state index contributed by atoms with van der Waals surface area (Å²) < 4.78 is 0.851. The summed E-state index contributed by atoms with van der Waals surface area (Å²) in [6.45, 7) is 0.483. The molecule has 2 N–H and O–H groups in total. The Kier molecular flexibility index (Phi) is 4.67. The minimum Gasteiger partial charge on any atom is -0.329 e. The lowest BCUT2D eigenvalue weighted by molar-refractivity contribution is -0.122. The van der Waals surface area contributed by atoms with Crippen molar-refractivity contribution in [1.82, 2.24) is 4.90 Å². The second kappa shape index (κ2) is 6.09. The lowest BCUT2D eigenvalue weighted by atomic mass is 10.2. The largest absolute Gasteiger partial charge is 0.329 e. The third kappa shape index (κ3) is 3.20. The van der Waals surface area contributed by atoms with Gasteiger partial charge in [-0.2, -0.15) is 0 Å². The molecule has 0 bridgehead atoms. The van der Waals surface area contributed by atoms with Gasteiger partial charge in [-0.25, -0.2) is 0 Å². The Morgan fingerprint density at radius 2 is 2.16 bits per heavy atom. The van der Waals surface area contributed by atoms with Gasteiger partial charge in [-0.1, -0.05) is 27.5 Å². The highest BCUT2D eigenvalue weighted by Gasteiger charge is 2.34. The van der Waals surface area contributed by atoms with E-state index in [4.69, 9.17) is 17.3 Å². The number of carbonyl (C=O) groups excluding carboxylic acids is 2. The highest BCUT2D eigenvalue weighted by Crippen LogP contribution is 2.33. The lowest BCUT2D eigenvalue weighted by Crippen LogP contribution is -2.33. The van der Waals surface area contributed by atoms with Crippen molar-refractivity contribution in [3.05, 3.63) is 38.2 Å². The smallest absolute Gasteiger partial charge is 0.293 e. The van der Waals surface area contributed by atoms with Crippen LogP contribution in [-0.4, -0.2) is 29.1 Å². The first kappa shape index (κ1) is 14.6. The van der Waals surface area contributed by atoms with Gasteiger partial charge < -0.3 is 5.73 Å². The van der Waals surface area contributed by atoms with Gasteiger partial charge in [0.2, 0.25) is 0 Å². The number of benzene rings is 1. The number of hydrogen-bond donors (Lipinski definition) is 1. The fraction of sp³-hybridized carbons (Fsp3) is 0.167. The molecule has 0 saturated carbocycles. The summed E-state index contributed by atoms with van der Waals surface area (Å²) in [7, 11) is 0. The summed E-state index contributed by atoms with van der Waals surface area (Å²) >= 11 is 10.3. The van der Waals surface area contributed by atoms with Gasteiger partial charge in [-0.05, 0) is 41.6 Å². The molecule has 1 fully saturated rings. The summed E-state index contributed by atoms with van der Waals surface area (Å²) in [6, 6.07) is 5.32. The monoisotopic (exact) mass is 360 g/mol. The van der Waals surface area contributed by atoms with E-state index in [0.717, 1.165) is 21.1 Å². The first-order chi connectivity index (χ1) is 9.02. The number of halogens is 2. The van der Waals surface area contributed by atoms with E-state index >= 15 is 0 Å². The lowest BCUT2D eigenvalue weighted by Gasteiger charge is -2.09. The van der Waals surface area contributed by atoms with Crippen LogP contribution in [0.3, 0.4) is 0 Å². The van der Waals surface area contributed by atoms with Crippen LogP contribution in [0.5, 0.6) is 0 Å². The minimum absolute atomic E-state index is 0.230. The molecule has 1 saturated heterocycles. The number of amides is 2. The molecule has 2 amide bonds.